The van der Waals surface area contributed by atoms with Crippen molar-refractivity contribution in [2.24, 2.45) is 0 Å². The first kappa shape index (κ1) is 10.8. The lowest BCUT2D eigenvalue weighted by molar-refractivity contribution is 0.481. The number of aromatic nitrogens is 2. The molecule has 2 heterocycles. The fraction of sp³-hybridized carbons (Fsp3) is 0.500. The lowest BCUT2D eigenvalue weighted by Gasteiger charge is -2.12. The molecule has 17 heavy (non-hydrogen) atoms. The van der Waals surface area contributed by atoms with Crippen LogP contribution in [0.15, 0.2) is 16.5 Å². The van der Waals surface area contributed by atoms with Crippen LogP contribution >= 0.6 is 11.3 Å². The fourth-order valence-corrected chi connectivity index (χ4v) is 2.72. The first-order valence-electron chi connectivity index (χ1n) is 5.82. The highest BCUT2D eigenvalue weighted by atomic mass is 32.1. The van der Waals surface area contributed by atoms with Crippen molar-refractivity contribution in [3.05, 3.63) is 28.7 Å². The summed E-state index contributed by atoms with van der Waals surface area (Å²) in [6.45, 7) is 2.70. The second-order valence-corrected chi connectivity index (χ2v) is 5.55. The van der Waals surface area contributed by atoms with Crippen LogP contribution in [0.25, 0.3) is 0 Å². The summed E-state index contributed by atoms with van der Waals surface area (Å²) in [5.74, 6) is 2.60. The topological polar surface area (TPSA) is 42.2 Å². The summed E-state index contributed by atoms with van der Waals surface area (Å²) in [5, 5.41) is 10.6. The van der Waals surface area contributed by atoms with Gasteiger partial charge in [0.15, 0.2) is 0 Å². The molecule has 2 aromatic heterocycles. The van der Waals surface area contributed by atoms with Crippen LogP contribution in [0.1, 0.15) is 35.3 Å². The van der Waals surface area contributed by atoms with Gasteiger partial charge in [0.05, 0.1) is 6.54 Å². The minimum Gasteiger partial charge on any atom is -0.464 e. The molecule has 4 nitrogen and oxygen atoms in total. The zero-order chi connectivity index (χ0) is 11.8. The van der Waals surface area contributed by atoms with E-state index in [2.05, 4.69) is 15.1 Å². The molecule has 0 saturated heterocycles. The highest BCUT2D eigenvalue weighted by molar-refractivity contribution is 7.15. The molecule has 0 bridgehead atoms. The first-order valence-corrected chi connectivity index (χ1v) is 6.64. The molecule has 0 atom stereocenters. The first-order chi connectivity index (χ1) is 8.22. The Morgan fingerprint density at radius 2 is 2.24 bits per heavy atom. The van der Waals surface area contributed by atoms with Gasteiger partial charge in [0.2, 0.25) is 5.13 Å². The summed E-state index contributed by atoms with van der Waals surface area (Å²) >= 11 is 1.70. The van der Waals surface area contributed by atoms with Crippen LogP contribution in [-0.4, -0.2) is 17.2 Å². The van der Waals surface area contributed by atoms with Crippen molar-refractivity contribution in [3.8, 4) is 0 Å². The quantitative estimate of drug-likeness (QED) is 0.835. The Morgan fingerprint density at radius 3 is 2.88 bits per heavy atom. The van der Waals surface area contributed by atoms with Gasteiger partial charge in [-0.15, -0.1) is 10.2 Å². The minimum atomic E-state index is 0.681. The largest absolute Gasteiger partial charge is 0.464 e. The number of nitrogens with zero attached hydrogens (tertiary/aromatic N) is 3. The molecule has 0 spiro atoms. The lowest BCUT2D eigenvalue weighted by Crippen LogP contribution is -2.15. The van der Waals surface area contributed by atoms with E-state index in [-0.39, 0.29) is 0 Å². The van der Waals surface area contributed by atoms with Gasteiger partial charge in [-0.1, -0.05) is 11.3 Å². The van der Waals surface area contributed by atoms with Crippen molar-refractivity contribution >= 4 is 16.5 Å². The van der Waals surface area contributed by atoms with Crippen LogP contribution in [0.3, 0.4) is 0 Å². The van der Waals surface area contributed by atoms with E-state index in [0.29, 0.717) is 5.92 Å². The molecule has 0 aliphatic heterocycles. The Bertz CT molecular complexity index is 515. The van der Waals surface area contributed by atoms with E-state index < -0.39 is 0 Å². The van der Waals surface area contributed by atoms with Crippen LogP contribution in [-0.2, 0) is 6.54 Å². The van der Waals surface area contributed by atoms with Crippen LogP contribution < -0.4 is 4.90 Å². The smallest absolute Gasteiger partial charge is 0.208 e. The zero-order valence-electron chi connectivity index (χ0n) is 10.0. The number of hydrogen-bond donors (Lipinski definition) is 0. The van der Waals surface area contributed by atoms with Crippen molar-refractivity contribution < 1.29 is 4.42 Å². The van der Waals surface area contributed by atoms with Gasteiger partial charge in [-0.25, -0.2) is 0 Å². The molecule has 3 rings (SSSR count). The van der Waals surface area contributed by atoms with Gasteiger partial charge in [-0.3, -0.25) is 0 Å². The van der Waals surface area contributed by atoms with Gasteiger partial charge in [-0.2, -0.15) is 0 Å². The summed E-state index contributed by atoms with van der Waals surface area (Å²) < 4.78 is 5.56. The van der Waals surface area contributed by atoms with E-state index in [1.807, 2.05) is 26.1 Å². The molecule has 90 valence electrons. The third-order valence-electron chi connectivity index (χ3n) is 2.87. The SMILES string of the molecule is Cc1ccc(CN(C)c2nnc(C3CC3)s2)o1. The molecule has 0 amide bonds. The highest BCUT2D eigenvalue weighted by Gasteiger charge is 2.28. The molecule has 1 aliphatic rings. The van der Waals surface area contributed by atoms with Gasteiger partial charge in [0.1, 0.15) is 16.5 Å². The number of anilines is 1. The van der Waals surface area contributed by atoms with Crippen molar-refractivity contribution in [3.63, 3.8) is 0 Å². The van der Waals surface area contributed by atoms with Gasteiger partial charge in [0.25, 0.3) is 0 Å². The molecular formula is C12H15N3OS. The maximum atomic E-state index is 5.56. The standard InChI is InChI=1S/C12H15N3OS/c1-8-3-6-10(16-8)7-15(2)12-14-13-11(17-12)9-4-5-9/h3,6,9H,4-5,7H2,1-2H3. The summed E-state index contributed by atoms with van der Waals surface area (Å²) in [6, 6.07) is 3.99. The summed E-state index contributed by atoms with van der Waals surface area (Å²) in [5.41, 5.74) is 0. The Kier molecular flexibility index (Phi) is 2.63. The zero-order valence-corrected chi connectivity index (χ0v) is 10.8. The molecule has 1 aliphatic carbocycles. The number of aryl methyl sites for hydroxylation is 1. The molecular weight excluding hydrogens is 234 g/mol. The van der Waals surface area contributed by atoms with Gasteiger partial charge in [0, 0.05) is 13.0 Å². The van der Waals surface area contributed by atoms with Crippen molar-refractivity contribution in [1.29, 1.82) is 0 Å². The third kappa shape index (κ3) is 2.34. The van der Waals surface area contributed by atoms with Crippen LogP contribution in [0, 0.1) is 6.92 Å². The van der Waals surface area contributed by atoms with Crippen LogP contribution in [0.2, 0.25) is 0 Å². The van der Waals surface area contributed by atoms with Crippen molar-refractivity contribution in [2.45, 2.75) is 32.2 Å². The Labute approximate surface area is 104 Å². The monoisotopic (exact) mass is 249 g/mol. The normalized spacial score (nSPS) is 15.2. The maximum absolute atomic E-state index is 5.56. The Morgan fingerprint density at radius 1 is 1.41 bits per heavy atom. The predicted molar refractivity (Wildman–Crippen MR) is 67.4 cm³/mol. The summed E-state index contributed by atoms with van der Waals surface area (Å²) in [7, 11) is 2.02. The number of hydrogen-bond acceptors (Lipinski definition) is 5. The van der Waals surface area contributed by atoms with Crippen LogP contribution in [0.5, 0.6) is 0 Å². The predicted octanol–water partition coefficient (Wildman–Crippen LogP) is 2.95. The molecule has 5 heteroatoms. The van der Waals surface area contributed by atoms with Gasteiger partial charge in [-0.05, 0) is 31.9 Å². The van der Waals surface area contributed by atoms with E-state index in [0.717, 1.165) is 23.2 Å². The van der Waals surface area contributed by atoms with E-state index in [4.69, 9.17) is 4.42 Å². The van der Waals surface area contributed by atoms with Crippen molar-refractivity contribution in [1.82, 2.24) is 10.2 Å². The fourth-order valence-electron chi connectivity index (χ4n) is 1.75. The lowest BCUT2D eigenvalue weighted by atomic mass is 10.4. The van der Waals surface area contributed by atoms with E-state index in [1.165, 1.54) is 17.8 Å². The second-order valence-electron chi connectivity index (χ2n) is 4.57. The molecule has 0 radical (unpaired) electrons. The van der Waals surface area contributed by atoms with Crippen molar-refractivity contribution in [2.75, 3.05) is 11.9 Å². The van der Waals surface area contributed by atoms with E-state index >= 15 is 0 Å². The summed E-state index contributed by atoms with van der Waals surface area (Å²) in [6.07, 6.45) is 2.55. The molecule has 0 unspecified atom stereocenters. The Balaban J connectivity index is 1.69. The number of furan rings is 1. The number of rotatable bonds is 4. The molecule has 1 fully saturated rings. The van der Waals surface area contributed by atoms with E-state index in [9.17, 15) is 0 Å². The van der Waals surface area contributed by atoms with Gasteiger partial charge >= 0.3 is 0 Å². The maximum Gasteiger partial charge on any atom is 0.208 e. The molecule has 2 aromatic rings. The Hall–Kier alpha value is -1.36. The second kappa shape index (κ2) is 4.14. The minimum absolute atomic E-state index is 0.681. The highest BCUT2D eigenvalue weighted by Crippen LogP contribution is 2.42. The van der Waals surface area contributed by atoms with E-state index in [1.54, 1.807) is 11.3 Å². The summed E-state index contributed by atoms with van der Waals surface area (Å²) in [4.78, 5) is 2.09. The average molecular weight is 249 g/mol. The van der Waals surface area contributed by atoms with Gasteiger partial charge < -0.3 is 9.32 Å². The average Bonchev–Trinajstić information content (AvgIpc) is 2.88. The molecule has 0 N–H and O–H groups in total. The van der Waals surface area contributed by atoms with Crippen LogP contribution in [0.4, 0.5) is 5.13 Å². The molecule has 0 aromatic carbocycles. The molecule has 1 saturated carbocycles. The third-order valence-corrected chi connectivity index (χ3v) is 4.07.